The van der Waals surface area contributed by atoms with Crippen molar-refractivity contribution in [3.63, 3.8) is 0 Å². The predicted molar refractivity (Wildman–Crippen MR) is 92.7 cm³/mol. The smallest absolute Gasteiger partial charge is 0.221 e. The molecule has 0 aliphatic rings. The van der Waals surface area contributed by atoms with Crippen LogP contribution in [0.3, 0.4) is 0 Å². The summed E-state index contributed by atoms with van der Waals surface area (Å²) in [6, 6.07) is 21.6. The molecular formula is C20H16FNO2. The van der Waals surface area contributed by atoms with Crippen molar-refractivity contribution in [2.45, 2.75) is 6.92 Å². The molecule has 0 aliphatic heterocycles. The highest BCUT2D eigenvalue weighted by atomic mass is 19.1. The molecule has 0 bridgehead atoms. The molecule has 0 unspecified atom stereocenters. The number of anilines is 1. The Labute approximate surface area is 139 Å². The third kappa shape index (κ3) is 3.60. The predicted octanol–water partition coefficient (Wildman–Crippen LogP) is 5.24. The van der Waals surface area contributed by atoms with E-state index in [0.29, 0.717) is 11.4 Å². The van der Waals surface area contributed by atoms with E-state index >= 15 is 0 Å². The number of carbonyl (C=O) groups is 1. The Morgan fingerprint density at radius 3 is 2.33 bits per heavy atom. The van der Waals surface area contributed by atoms with Gasteiger partial charge in [0.2, 0.25) is 5.91 Å². The Morgan fingerprint density at radius 1 is 0.917 bits per heavy atom. The van der Waals surface area contributed by atoms with E-state index in [1.54, 1.807) is 12.1 Å². The molecule has 120 valence electrons. The number of carbonyl (C=O) groups excluding carboxylic acids is 1. The Balaban J connectivity index is 1.91. The van der Waals surface area contributed by atoms with Crippen molar-refractivity contribution in [3.05, 3.63) is 78.6 Å². The molecule has 0 heterocycles. The van der Waals surface area contributed by atoms with Crippen molar-refractivity contribution in [2.75, 3.05) is 5.32 Å². The number of halogens is 1. The van der Waals surface area contributed by atoms with Crippen molar-refractivity contribution in [1.29, 1.82) is 0 Å². The molecule has 0 saturated heterocycles. The summed E-state index contributed by atoms with van der Waals surface area (Å²) in [5.41, 5.74) is 2.26. The highest BCUT2D eigenvalue weighted by Crippen LogP contribution is 2.34. The van der Waals surface area contributed by atoms with Gasteiger partial charge in [-0.1, -0.05) is 48.5 Å². The van der Waals surface area contributed by atoms with Gasteiger partial charge < -0.3 is 10.1 Å². The van der Waals surface area contributed by atoms with Gasteiger partial charge in [0.05, 0.1) is 0 Å². The van der Waals surface area contributed by atoms with Crippen LogP contribution in [0, 0.1) is 5.82 Å². The molecule has 3 aromatic rings. The number of ether oxygens (including phenoxy) is 1. The second-order valence-electron chi connectivity index (χ2n) is 5.29. The average molecular weight is 321 g/mol. The molecule has 0 atom stereocenters. The Morgan fingerprint density at radius 2 is 1.62 bits per heavy atom. The maximum absolute atomic E-state index is 14.2. The number of amides is 1. The lowest BCUT2D eigenvalue weighted by molar-refractivity contribution is -0.114. The van der Waals surface area contributed by atoms with Crippen LogP contribution in [0.5, 0.6) is 11.5 Å². The first-order chi connectivity index (χ1) is 11.6. The third-order valence-electron chi connectivity index (χ3n) is 3.44. The fourth-order valence-electron chi connectivity index (χ4n) is 2.39. The standard InChI is InChI=1S/C20H16FNO2/c1-14(23)22-16-11-12-20(18(21)13-16)24-19-10-6-5-9-17(19)15-7-3-2-4-8-15/h2-13H,1H3,(H,22,23). The zero-order valence-electron chi connectivity index (χ0n) is 13.1. The summed E-state index contributed by atoms with van der Waals surface area (Å²) in [5.74, 6) is -0.121. The van der Waals surface area contributed by atoms with Crippen molar-refractivity contribution < 1.29 is 13.9 Å². The van der Waals surface area contributed by atoms with Crippen LogP contribution in [0.25, 0.3) is 11.1 Å². The molecule has 1 N–H and O–H groups in total. The van der Waals surface area contributed by atoms with Crippen LogP contribution in [0.2, 0.25) is 0 Å². The van der Waals surface area contributed by atoms with Gasteiger partial charge in [-0.2, -0.15) is 0 Å². The molecule has 0 saturated carbocycles. The molecule has 3 rings (SSSR count). The van der Waals surface area contributed by atoms with Gasteiger partial charge >= 0.3 is 0 Å². The van der Waals surface area contributed by atoms with Crippen LogP contribution in [0.4, 0.5) is 10.1 Å². The summed E-state index contributed by atoms with van der Waals surface area (Å²) >= 11 is 0. The molecule has 3 aromatic carbocycles. The molecule has 0 radical (unpaired) electrons. The van der Waals surface area contributed by atoms with Gasteiger partial charge in [0.25, 0.3) is 0 Å². The van der Waals surface area contributed by atoms with Crippen LogP contribution in [0.15, 0.2) is 72.8 Å². The Bertz CT molecular complexity index is 863. The van der Waals surface area contributed by atoms with E-state index in [1.165, 1.54) is 19.1 Å². The highest BCUT2D eigenvalue weighted by molar-refractivity contribution is 5.88. The number of hydrogen-bond donors (Lipinski definition) is 1. The van der Waals surface area contributed by atoms with Gasteiger partial charge in [-0.05, 0) is 23.8 Å². The number of para-hydroxylation sites is 1. The summed E-state index contributed by atoms with van der Waals surface area (Å²) in [6.45, 7) is 1.37. The van der Waals surface area contributed by atoms with Gasteiger partial charge in [0, 0.05) is 24.2 Å². The maximum Gasteiger partial charge on any atom is 0.221 e. The Kier molecular flexibility index (Phi) is 4.57. The van der Waals surface area contributed by atoms with Crippen molar-refractivity contribution in [2.24, 2.45) is 0 Å². The van der Waals surface area contributed by atoms with E-state index in [2.05, 4.69) is 5.32 Å². The minimum atomic E-state index is -0.538. The lowest BCUT2D eigenvalue weighted by Crippen LogP contribution is -2.05. The largest absolute Gasteiger partial charge is 0.454 e. The quantitative estimate of drug-likeness (QED) is 0.713. The van der Waals surface area contributed by atoms with E-state index in [9.17, 15) is 9.18 Å². The van der Waals surface area contributed by atoms with Crippen LogP contribution in [-0.4, -0.2) is 5.91 Å². The van der Waals surface area contributed by atoms with Crippen LogP contribution in [0.1, 0.15) is 6.92 Å². The Hall–Kier alpha value is -3.14. The lowest BCUT2D eigenvalue weighted by atomic mass is 10.0. The van der Waals surface area contributed by atoms with E-state index in [4.69, 9.17) is 4.74 Å². The molecule has 0 aliphatic carbocycles. The molecular weight excluding hydrogens is 305 g/mol. The van der Waals surface area contributed by atoms with Crippen molar-refractivity contribution in [1.82, 2.24) is 0 Å². The number of rotatable bonds is 4. The summed E-state index contributed by atoms with van der Waals surface area (Å²) in [5, 5.41) is 2.54. The molecule has 24 heavy (non-hydrogen) atoms. The highest BCUT2D eigenvalue weighted by Gasteiger charge is 2.10. The number of hydrogen-bond acceptors (Lipinski definition) is 2. The average Bonchev–Trinajstić information content (AvgIpc) is 2.58. The molecule has 3 nitrogen and oxygen atoms in total. The third-order valence-corrected chi connectivity index (χ3v) is 3.44. The monoisotopic (exact) mass is 321 g/mol. The van der Waals surface area contributed by atoms with Gasteiger partial charge in [-0.25, -0.2) is 4.39 Å². The lowest BCUT2D eigenvalue weighted by Gasteiger charge is -2.12. The fraction of sp³-hybridized carbons (Fsp3) is 0.0500. The second kappa shape index (κ2) is 6.96. The van der Waals surface area contributed by atoms with Crippen molar-refractivity contribution in [3.8, 4) is 22.6 Å². The van der Waals surface area contributed by atoms with E-state index in [1.807, 2.05) is 48.5 Å². The first-order valence-electron chi connectivity index (χ1n) is 7.53. The van der Waals surface area contributed by atoms with E-state index < -0.39 is 5.82 Å². The molecule has 0 aromatic heterocycles. The number of nitrogens with one attached hydrogen (secondary N) is 1. The summed E-state index contributed by atoms with van der Waals surface area (Å²) in [6.07, 6.45) is 0. The van der Waals surface area contributed by atoms with E-state index in [0.717, 1.165) is 11.1 Å². The second-order valence-corrected chi connectivity index (χ2v) is 5.29. The van der Waals surface area contributed by atoms with Gasteiger partial charge in [-0.15, -0.1) is 0 Å². The van der Waals surface area contributed by atoms with Gasteiger partial charge in [0.15, 0.2) is 11.6 Å². The van der Waals surface area contributed by atoms with Gasteiger partial charge in [0.1, 0.15) is 5.75 Å². The van der Waals surface area contributed by atoms with Crippen molar-refractivity contribution >= 4 is 11.6 Å². The SMILES string of the molecule is CC(=O)Nc1ccc(Oc2ccccc2-c2ccccc2)c(F)c1. The summed E-state index contributed by atoms with van der Waals surface area (Å²) < 4.78 is 20.0. The summed E-state index contributed by atoms with van der Waals surface area (Å²) in [7, 11) is 0. The topological polar surface area (TPSA) is 38.3 Å². The first kappa shape index (κ1) is 15.7. The van der Waals surface area contributed by atoms with Crippen LogP contribution in [-0.2, 0) is 4.79 Å². The molecule has 1 amide bonds. The molecule has 0 spiro atoms. The normalized spacial score (nSPS) is 10.2. The maximum atomic E-state index is 14.2. The zero-order valence-corrected chi connectivity index (χ0v) is 13.1. The first-order valence-corrected chi connectivity index (χ1v) is 7.53. The van der Waals surface area contributed by atoms with E-state index in [-0.39, 0.29) is 11.7 Å². The fourth-order valence-corrected chi connectivity index (χ4v) is 2.39. The van der Waals surface area contributed by atoms with Crippen LogP contribution >= 0.6 is 0 Å². The zero-order chi connectivity index (χ0) is 16.9. The molecule has 0 fully saturated rings. The molecule has 4 heteroatoms. The minimum absolute atomic E-state index is 0.104. The number of benzene rings is 3. The minimum Gasteiger partial charge on any atom is -0.454 e. The van der Waals surface area contributed by atoms with Gasteiger partial charge in [-0.3, -0.25) is 4.79 Å². The van der Waals surface area contributed by atoms with Crippen LogP contribution < -0.4 is 10.1 Å². The summed E-state index contributed by atoms with van der Waals surface area (Å²) in [4.78, 5) is 11.0.